The van der Waals surface area contributed by atoms with E-state index in [1.54, 1.807) is 12.1 Å². The van der Waals surface area contributed by atoms with Crippen molar-refractivity contribution in [3.8, 4) is 0 Å². The summed E-state index contributed by atoms with van der Waals surface area (Å²) in [4.78, 5) is 13.5. The number of allylic oxidation sites excluding steroid dienone is 1. The summed E-state index contributed by atoms with van der Waals surface area (Å²) in [5.41, 5.74) is 2.53. The number of ether oxygens (including phenoxy) is 1. The first-order chi connectivity index (χ1) is 14.9. The predicted octanol–water partition coefficient (Wildman–Crippen LogP) is 2.69. The van der Waals surface area contributed by atoms with Crippen molar-refractivity contribution in [3.05, 3.63) is 70.5 Å². The van der Waals surface area contributed by atoms with E-state index in [0.29, 0.717) is 18.0 Å². The first-order valence-corrected chi connectivity index (χ1v) is 11.1. The number of carbonyl (C=O) groups is 1. The molecule has 6 heteroatoms. The highest BCUT2D eigenvalue weighted by Gasteiger charge is 2.71. The van der Waals surface area contributed by atoms with Gasteiger partial charge in [0.2, 0.25) is 0 Å². The van der Waals surface area contributed by atoms with E-state index in [4.69, 9.17) is 9.84 Å². The van der Waals surface area contributed by atoms with Gasteiger partial charge in [-0.05, 0) is 55.6 Å². The van der Waals surface area contributed by atoms with E-state index in [1.807, 2.05) is 24.3 Å². The van der Waals surface area contributed by atoms with Crippen LogP contribution < -0.4 is 0 Å². The number of likely N-dealkylation sites (tertiary alicyclic amines) is 1. The van der Waals surface area contributed by atoms with Crippen molar-refractivity contribution in [2.75, 3.05) is 13.6 Å². The van der Waals surface area contributed by atoms with Crippen molar-refractivity contribution in [1.29, 1.82) is 0 Å². The van der Waals surface area contributed by atoms with Gasteiger partial charge in [0.15, 0.2) is 5.60 Å². The predicted molar refractivity (Wildman–Crippen MR) is 113 cm³/mol. The van der Waals surface area contributed by atoms with Gasteiger partial charge < -0.3 is 25.0 Å². The average Bonchev–Trinajstić information content (AvgIpc) is 3.07. The van der Waals surface area contributed by atoms with Gasteiger partial charge in [0.25, 0.3) is 0 Å². The van der Waals surface area contributed by atoms with E-state index < -0.39 is 23.8 Å². The molecule has 3 aliphatic carbocycles. The number of carboxylic acid groups (broad SMARTS) is 1. The Kier molecular flexibility index (Phi) is 3.93. The van der Waals surface area contributed by atoms with Gasteiger partial charge in [-0.15, -0.1) is 0 Å². The minimum Gasteiger partial charge on any atom is -0.509 e. The monoisotopic (exact) mass is 421 g/mol. The summed E-state index contributed by atoms with van der Waals surface area (Å²) in [7, 11) is 2.18. The smallest absolute Gasteiger partial charge is 0.307 e. The van der Waals surface area contributed by atoms with Gasteiger partial charge in [-0.1, -0.05) is 42.0 Å². The normalized spacial score (nSPS) is 40.5. The summed E-state index contributed by atoms with van der Waals surface area (Å²) in [6, 6.07) is 7.72. The minimum atomic E-state index is -1.11. The number of hydrogen-bond acceptors (Lipinski definition) is 5. The number of benzene rings is 1. The molecule has 5 aliphatic rings. The molecule has 1 unspecified atom stereocenters. The van der Waals surface area contributed by atoms with Gasteiger partial charge >= 0.3 is 5.97 Å². The number of carboxylic acids is 1. The van der Waals surface area contributed by atoms with Crippen LogP contribution in [0.15, 0.2) is 59.4 Å². The van der Waals surface area contributed by atoms with Crippen LogP contribution in [0.5, 0.6) is 0 Å². The van der Waals surface area contributed by atoms with E-state index in [1.165, 1.54) is 5.57 Å². The summed E-state index contributed by atoms with van der Waals surface area (Å²) in [5.74, 6) is -0.457. The number of nitrogens with zero attached hydrogens (tertiary/aromatic N) is 1. The second-order valence-electron chi connectivity index (χ2n) is 9.70. The number of piperidine rings is 1. The number of aliphatic hydroxyl groups is 2. The number of rotatable bonds is 3. The van der Waals surface area contributed by atoms with Crippen LogP contribution >= 0.6 is 0 Å². The van der Waals surface area contributed by atoms with Crippen LogP contribution in [0.25, 0.3) is 0 Å². The number of hydrogen-bond donors (Lipinski definition) is 3. The maximum Gasteiger partial charge on any atom is 0.307 e. The van der Waals surface area contributed by atoms with Crippen molar-refractivity contribution in [2.45, 2.75) is 49.5 Å². The van der Waals surface area contributed by atoms with E-state index in [9.17, 15) is 15.0 Å². The summed E-state index contributed by atoms with van der Waals surface area (Å²) < 4.78 is 6.77. The molecule has 0 amide bonds. The van der Waals surface area contributed by atoms with Crippen LogP contribution in [0.4, 0.5) is 0 Å². The topological polar surface area (TPSA) is 90.2 Å². The lowest BCUT2D eigenvalue weighted by molar-refractivity contribution is -0.136. The van der Waals surface area contributed by atoms with Gasteiger partial charge in [-0.2, -0.15) is 0 Å². The van der Waals surface area contributed by atoms with Crippen LogP contribution in [-0.2, 0) is 21.6 Å². The maximum absolute atomic E-state index is 11.3. The molecule has 6 rings (SSSR count). The summed E-state index contributed by atoms with van der Waals surface area (Å²) in [6.07, 6.45) is 7.21. The average molecular weight is 421 g/mol. The summed E-state index contributed by atoms with van der Waals surface area (Å²) >= 11 is 0. The Morgan fingerprint density at radius 2 is 2.03 bits per heavy atom. The molecule has 6 nitrogen and oxygen atoms in total. The highest BCUT2D eigenvalue weighted by atomic mass is 16.5. The molecule has 2 heterocycles. The van der Waals surface area contributed by atoms with Gasteiger partial charge in [0, 0.05) is 17.4 Å². The van der Waals surface area contributed by atoms with Crippen LogP contribution in [0, 0.1) is 11.3 Å². The molecule has 31 heavy (non-hydrogen) atoms. The Balaban J connectivity index is 1.56. The zero-order valence-electron chi connectivity index (χ0n) is 17.5. The molecule has 1 aromatic rings. The fraction of sp³-hybridized carbons (Fsp3) is 0.480. The number of aliphatic hydroxyl groups excluding tert-OH is 2. The highest BCUT2D eigenvalue weighted by molar-refractivity contribution is 5.70. The first kappa shape index (κ1) is 19.3. The first-order valence-electron chi connectivity index (χ1n) is 11.1. The molecule has 2 bridgehead atoms. The zero-order chi connectivity index (χ0) is 21.5. The second kappa shape index (κ2) is 6.31. The van der Waals surface area contributed by atoms with Crippen LogP contribution in [0.2, 0.25) is 0 Å². The van der Waals surface area contributed by atoms with Crippen LogP contribution in [0.1, 0.15) is 30.4 Å². The molecule has 6 atom stereocenters. The lowest BCUT2D eigenvalue weighted by atomic mass is 9.50. The molecule has 1 spiro atoms. The van der Waals surface area contributed by atoms with Gasteiger partial charge in [-0.3, -0.25) is 4.79 Å². The quantitative estimate of drug-likeness (QED) is 0.651. The summed E-state index contributed by atoms with van der Waals surface area (Å²) in [6.45, 7) is 0.927. The van der Waals surface area contributed by atoms with E-state index in [-0.39, 0.29) is 23.5 Å². The van der Waals surface area contributed by atoms with E-state index >= 15 is 0 Å². The zero-order valence-corrected chi connectivity index (χ0v) is 17.5. The van der Waals surface area contributed by atoms with Gasteiger partial charge in [0.1, 0.15) is 5.76 Å². The molecular weight excluding hydrogens is 394 g/mol. The molecule has 2 aliphatic heterocycles. The molecule has 162 valence electrons. The standard InChI is InChI=1S/C25H27NO5/c1-26-11-10-24-17-7-8-19(27)23(24)31-25(16-5-2-14(3-6-16)12-21(29)30)20(28)9-4-15(22(24)25)13-18(17)26/h2-3,5-9,17-19,23,27-28H,4,10-13H2,1H3,(H,29,30)/t17-,18+,19-,23-,24-,25?/m0/s1. The molecular formula is C25H27NO5. The third-order valence-corrected chi connectivity index (χ3v) is 8.34. The maximum atomic E-state index is 11.3. The van der Waals surface area contributed by atoms with Crippen LogP contribution in [0.3, 0.4) is 0 Å². The Bertz CT molecular complexity index is 1060. The van der Waals surface area contributed by atoms with Crippen molar-refractivity contribution in [2.24, 2.45) is 11.3 Å². The number of aliphatic carboxylic acids is 1. The third-order valence-electron chi connectivity index (χ3n) is 8.34. The van der Waals surface area contributed by atoms with E-state index in [2.05, 4.69) is 18.0 Å². The van der Waals surface area contributed by atoms with Crippen molar-refractivity contribution in [1.82, 2.24) is 4.90 Å². The second-order valence-corrected chi connectivity index (χ2v) is 9.70. The Morgan fingerprint density at radius 3 is 2.77 bits per heavy atom. The molecule has 1 aromatic carbocycles. The fourth-order valence-corrected chi connectivity index (χ4v) is 7.11. The Labute approximate surface area is 181 Å². The molecule has 0 saturated carbocycles. The Morgan fingerprint density at radius 1 is 1.26 bits per heavy atom. The minimum absolute atomic E-state index is 0.0464. The molecule has 3 N–H and O–H groups in total. The molecule has 2 saturated heterocycles. The van der Waals surface area contributed by atoms with Gasteiger partial charge in [-0.25, -0.2) is 0 Å². The Hall–Kier alpha value is -2.41. The third kappa shape index (κ3) is 2.30. The highest BCUT2D eigenvalue weighted by Crippen LogP contribution is 2.70. The fourth-order valence-electron chi connectivity index (χ4n) is 7.11. The van der Waals surface area contributed by atoms with Crippen molar-refractivity contribution < 1.29 is 24.9 Å². The lowest BCUT2D eigenvalue weighted by Gasteiger charge is -2.58. The largest absolute Gasteiger partial charge is 0.509 e. The van der Waals surface area contributed by atoms with Crippen LogP contribution in [-0.4, -0.2) is 58.0 Å². The SMILES string of the molecule is CN1CC[C@]23C4=C5CC=C(O)C4(c4ccc(CC(=O)O)cc4)O[C@H]2[C@@H](O)C=C[C@H]3[C@H]1C5. The molecule has 0 aromatic heterocycles. The lowest BCUT2D eigenvalue weighted by Crippen LogP contribution is -2.61. The summed E-state index contributed by atoms with van der Waals surface area (Å²) in [5, 5.41) is 31.4. The van der Waals surface area contributed by atoms with Crippen molar-refractivity contribution >= 4 is 5.97 Å². The van der Waals surface area contributed by atoms with Crippen molar-refractivity contribution in [3.63, 3.8) is 0 Å². The van der Waals surface area contributed by atoms with Gasteiger partial charge in [0.05, 0.1) is 18.6 Å². The van der Waals surface area contributed by atoms with E-state index in [0.717, 1.165) is 30.5 Å². The molecule has 0 radical (unpaired) electrons. The molecule has 2 fully saturated rings.